The zero-order valence-corrected chi connectivity index (χ0v) is 12.8. The molecule has 0 radical (unpaired) electrons. The van der Waals surface area contributed by atoms with Gasteiger partial charge in [-0.3, -0.25) is 0 Å². The summed E-state index contributed by atoms with van der Waals surface area (Å²) in [7, 11) is 0. The van der Waals surface area contributed by atoms with Crippen LogP contribution >= 0.6 is 0 Å². The van der Waals surface area contributed by atoms with Crippen LogP contribution in [-0.4, -0.2) is 6.54 Å². The molecule has 2 heteroatoms. The molecule has 0 atom stereocenters. The number of benzene rings is 1. The van der Waals surface area contributed by atoms with E-state index in [-0.39, 0.29) is 0 Å². The van der Waals surface area contributed by atoms with Crippen molar-refractivity contribution in [1.29, 1.82) is 0 Å². The summed E-state index contributed by atoms with van der Waals surface area (Å²) in [5.74, 6) is 1.97. The molecule has 0 fully saturated rings. The largest absolute Gasteiger partial charge is 0.460 e. The minimum absolute atomic E-state index is 0.807. The number of hydrogen-bond donors (Lipinski definition) is 1. The van der Waals surface area contributed by atoms with Crippen LogP contribution in [0.1, 0.15) is 44.1 Å². The molecule has 0 unspecified atom stereocenters. The van der Waals surface area contributed by atoms with Gasteiger partial charge in [-0.1, -0.05) is 32.9 Å². The van der Waals surface area contributed by atoms with Gasteiger partial charge in [-0.25, -0.2) is 0 Å². The van der Waals surface area contributed by atoms with Crippen LogP contribution in [0.5, 0.6) is 0 Å². The normalized spacial score (nSPS) is 10.9. The fraction of sp³-hybridized carbons (Fsp3) is 0.444. The van der Waals surface area contributed by atoms with Crippen molar-refractivity contribution in [3.63, 3.8) is 0 Å². The molecule has 2 rings (SSSR count). The number of hydrogen-bond acceptors (Lipinski definition) is 2. The van der Waals surface area contributed by atoms with Crippen molar-refractivity contribution in [1.82, 2.24) is 5.32 Å². The predicted octanol–water partition coefficient (Wildman–Crippen LogP) is 4.57. The van der Waals surface area contributed by atoms with Crippen molar-refractivity contribution in [3.05, 3.63) is 47.2 Å². The lowest BCUT2D eigenvalue weighted by Gasteiger charge is -2.07. The average Bonchev–Trinajstić information content (AvgIpc) is 2.95. The van der Waals surface area contributed by atoms with Crippen molar-refractivity contribution < 1.29 is 4.42 Å². The Kier molecular flexibility index (Phi) is 5.42. The highest BCUT2D eigenvalue weighted by atomic mass is 16.3. The number of aryl methyl sites for hydroxylation is 2. The highest BCUT2D eigenvalue weighted by Gasteiger charge is 2.07. The summed E-state index contributed by atoms with van der Waals surface area (Å²) < 4.78 is 5.93. The van der Waals surface area contributed by atoms with Crippen molar-refractivity contribution in [2.45, 2.75) is 46.6 Å². The van der Waals surface area contributed by atoms with E-state index in [9.17, 15) is 0 Å². The molecule has 0 aliphatic carbocycles. The van der Waals surface area contributed by atoms with Crippen LogP contribution in [0.2, 0.25) is 0 Å². The third kappa shape index (κ3) is 3.51. The standard InChI is InChI=1S/C18H25NO/c1-4-11-19-13-17-9-10-18(20-17)16-8-7-14(5-2)15(6-3)12-16/h7-10,12,19H,4-6,11,13H2,1-3H3. The first-order valence-corrected chi connectivity index (χ1v) is 7.70. The zero-order valence-electron chi connectivity index (χ0n) is 12.8. The first-order chi connectivity index (χ1) is 9.78. The molecule has 20 heavy (non-hydrogen) atoms. The topological polar surface area (TPSA) is 25.2 Å². The van der Waals surface area contributed by atoms with Crippen molar-refractivity contribution in [3.8, 4) is 11.3 Å². The van der Waals surface area contributed by atoms with Gasteiger partial charge in [0.2, 0.25) is 0 Å². The van der Waals surface area contributed by atoms with Gasteiger partial charge in [0.05, 0.1) is 6.54 Å². The molecule has 1 N–H and O–H groups in total. The first-order valence-electron chi connectivity index (χ1n) is 7.70. The molecule has 0 bridgehead atoms. The fourth-order valence-electron chi connectivity index (χ4n) is 2.47. The summed E-state index contributed by atoms with van der Waals surface area (Å²) in [5.41, 5.74) is 4.04. The minimum atomic E-state index is 0.807. The van der Waals surface area contributed by atoms with Crippen LogP contribution in [0, 0.1) is 0 Å². The Labute approximate surface area is 122 Å². The molecule has 0 saturated heterocycles. The minimum Gasteiger partial charge on any atom is -0.460 e. The third-order valence-electron chi connectivity index (χ3n) is 3.64. The molecule has 0 aliphatic heterocycles. The van der Waals surface area contributed by atoms with E-state index >= 15 is 0 Å². The van der Waals surface area contributed by atoms with Gasteiger partial charge in [-0.05, 0) is 55.1 Å². The average molecular weight is 271 g/mol. The van der Waals surface area contributed by atoms with Gasteiger partial charge >= 0.3 is 0 Å². The van der Waals surface area contributed by atoms with Gasteiger partial charge in [0.1, 0.15) is 11.5 Å². The maximum Gasteiger partial charge on any atom is 0.134 e. The molecular formula is C18H25NO. The summed E-state index contributed by atoms with van der Waals surface area (Å²) >= 11 is 0. The maximum absolute atomic E-state index is 5.93. The summed E-state index contributed by atoms with van der Waals surface area (Å²) in [4.78, 5) is 0. The Morgan fingerprint density at radius 2 is 1.75 bits per heavy atom. The number of rotatable bonds is 7. The fourth-order valence-corrected chi connectivity index (χ4v) is 2.47. The van der Waals surface area contributed by atoms with E-state index in [1.165, 1.54) is 16.7 Å². The van der Waals surface area contributed by atoms with E-state index in [1.807, 2.05) is 0 Å². The second-order valence-electron chi connectivity index (χ2n) is 5.13. The van der Waals surface area contributed by atoms with E-state index in [0.29, 0.717) is 0 Å². The van der Waals surface area contributed by atoms with Crippen LogP contribution in [-0.2, 0) is 19.4 Å². The van der Waals surface area contributed by atoms with Crippen LogP contribution in [0.15, 0.2) is 34.7 Å². The highest BCUT2D eigenvalue weighted by Crippen LogP contribution is 2.25. The third-order valence-corrected chi connectivity index (χ3v) is 3.64. The summed E-state index contributed by atoms with van der Waals surface area (Å²) in [6.07, 6.45) is 3.31. The molecule has 1 aromatic heterocycles. The van der Waals surface area contributed by atoms with E-state index in [4.69, 9.17) is 4.42 Å². The number of furan rings is 1. The van der Waals surface area contributed by atoms with Crippen molar-refractivity contribution in [2.75, 3.05) is 6.54 Å². The maximum atomic E-state index is 5.93. The Hall–Kier alpha value is -1.54. The molecule has 1 aromatic carbocycles. The lowest BCUT2D eigenvalue weighted by Crippen LogP contribution is -2.12. The predicted molar refractivity (Wildman–Crippen MR) is 84.9 cm³/mol. The Balaban J connectivity index is 2.15. The molecule has 0 saturated carbocycles. The molecule has 1 heterocycles. The van der Waals surface area contributed by atoms with Crippen molar-refractivity contribution in [2.24, 2.45) is 0 Å². The van der Waals surface area contributed by atoms with Crippen LogP contribution in [0.4, 0.5) is 0 Å². The van der Waals surface area contributed by atoms with Gasteiger partial charge in [-0.2, -0.15) is 0 Å². The van der Waals surface area contributed by atoms with Crippen molar-refractivity contribution >= 4 is 0 Å². The quantitative estimate of drug-likeness (QED) is 0.746. The molecule has 0 spiro atoms. The van der Waals surface area contributed by atoms with Gasteiger partial charge in [0.15, 0.2) is 0 Å². The van der Waals surface area contributed by atoms with Crippen LogP contribution in [0.3, 0.4) is 0 Å². The second kappa shape index (κ2) is 7.30. The van der Waals surface area contributed by atoms with Gasteiger partial charge in [-0.15, -0.1) is 0 Å². The second-order valence-corrected chi connectivity index (χ2v) is 5.13. The first kappa shape index (κ1) is 14.9. The van der Waals surface area contributed by atoms with Gasteiger partial charge in [0, 0.05) is 5.56 Å². The SMILES string of the molecule is CCCNCc1ccc(-c2ccc(CC)c(CC)c2)o1. The zero-order chi connectivity index (χ0) is 14.4. The Morgan fingerprint density at radius 3 is 2.45 bits per heavy atom. The number of nitrogens with one attached hydrogen (secondary N) is 1. The van der Waals surface area contributed by atoms with E-state index < -0.39 is 0 Å². The smallest absolute Gasteiger partial charge is 0.134 e. The lowest BCUT2D eigenvalue weighted by atomic mass is 9.99. The molecule has 0 aliphatic rings. The molecule has 2 aromatic rings. The van der Waals surface area contributed by atoms with E-state index in [0.717, 1.165) is 43.9 Å². The lowest BCUT2D eigenvalue weighted by molar-refractivity contribution is 0.493. The van der Waals surface area contributed by atoms with Crippen LogP contribution in [0.25, 0.3) is 11.3 Å². The molecule has 2 nitrogen and oxygen atoms in total. The Morgan fingerprint density at radius 1 is 0.950 bits per heavy atom. The highest BCUT2D eigenvalue weighted by molar-refractivity contribution is 5.59. The molecule has 0 amide bonds. The summed E-state index contributed by atoms with van der Waals surface area (Å²) in [6.45, 7) is 8.42. The summed E-state index contributed by atoms with van der Waals surface area (Å²) in [5, 5.41) is 3.36. The molecule has 108 valence electrons. The summed E-state index contributed by atoms with van der Waals surface area (Å²) in [6, 6.07) is 10.8. The van der Waals surface area contributed by atoms with E-state index in [1.54, 1.807) is 0 Å². The van der Waals surface area contributed by atoms with Gasteiger partial charge in [0.25, 0.3) is 0 Å². The molecular weight excluding hydrogens is 246 g/mol. The van der Waals surface area contributed by atoms with E-state index in [2.05, 4.69) is 56.4 Å². The Bertz CT molecular complexity index is 542. The monoisotopic (exact) mass is 271 g/mol. The van der Waals surface area contributed by atoms with Crippen LogP contribution < -0.4 is 5.32 Å². The van der Waals surface area contributed by atoms with Gasteiger partial charge < -0.3 is 9.73 Å².